The Morgan fingerprint density at radius 3 is 2.75 bits per heavy atom. The molecule has 0 unspecified atom stereocenters. The highest BCUT2D eigenvalue weighted by molar-refractivity contribution is 8.27. The zero-order valence-electron chi connectivity index (χ0n) is 14.2. The predicted octanol–water partition coefficient (Wildman–Crippen LogP) is 4.04. The lowest BCUT2D eigenvalue weighted by Gasteiger charge is -2.15. The monoisotopic (exact) mass is 408 g/mol. The summed E-state index contributed by atoms with van der Waals surface area (Å²) in [6.45, 7) is 0. The number of thiocarbonyl (C=S) groups is 1. The largest absolute Gasteiger partial charge is 0.507 e. The molecule has 0 spiro atoms. The van der Waals surface area contributed by atoms with E-state index in [0.717, 1.165) is 28.2 Å². The second-order valence-electron chi connectivity index (χ2n) is 5.94. The van der Waals surface area contributed by atoms with Gasteiger partial charge in [0.1, 0.15) is 11.3 Å². The highest BCUT2D eigenvalue weighted by atomic mass is 32.2. The fourth-order valence-corrected chi connectivity index (χ4v) is 4.20. The second-order valence-corrected chi connectivity index (χ2v) is 7.62. The third kappa shape index (κ3) is 3.12. The summed E-state index contributed by atoms with van der Waals surface area (Å²) in [5, 5.41) is 19.8. The van der Waals surface area contributed by atoms with Crippen LogP contribution in [-0.2, 0) is 4.79 Å². The summed E-state index contributed by atoms with van der Waals surface area (Å²) < 4.78 is 0.289. The van der Waals surface area contributed by atoms with Crippen LogP contribution in [0.25, 0.3) is 17.0 Å². The number of carbonyl (C=O) groups excluding carboxylic acids is 1. The molecule has 1 saturated heterocycles. The van der Waals surface area contributed by atoms with Crippen LogP contribution in [-0.4, -0.2) is 31.4 Å². The summed E-state index contributed by atoms with van der Waals surface area (Å²) in [5.41, 5.74) is 1.65. The number of pyridine rings is 1. The minimum atomic E-state index is -1.29. The molecule has 138 valence electrons. The van der Waals surface area contributed by atoms with E-state index in [4.69, 9.17) is 12.2 Å². The summed E-state index contributed by atoms with van der Waals surface area (Å²) in [6, 6.07) is 13.3. The summed E-state index contributed by atoms with van der Waals surface area (Å²) in [4.78, 5) is 30.2. The van der Waals surface area contributed by atoms with Crippen LogP contribution in [0.5, 0.6) is 5.75 Å². The average Bonchev–Trinajstić information content (AvgIpc) is 2.96. The van der Waals surface area contributed by atoms with Crippen molar-refractivity contribution in [1.82, 2.24) is 4.98 Å². The minimum Gasteiger partial charge on any atom is -0.507 e. The van der Waals surface area contributed by atoms with Gasteiger partial charge in [-0.2, -0.15) is 0 Å². The second kappa shape index (κ2) is 7.06. The topological polar surface area (TPSA) is 90.7 Å². The maximum Gasteiger partial charge on any atom is 0.339 e. The van der Waals surface area contributed by atoms with Crippen molar-refractivity contribution in [1.29, 1.82) is 0 Å². The van der Waals surface area contributed by atoms with Crippen LogP contribution >= 0.6 is 24.0 Å². The third-order valence-electron chi connectivity index (χ3n) is 4.23. The highest BCUT2D eigenvalue weighted by Crippen LogP contribution is 2.37. The van der Waals surface area contributed by atoms with Gasteiger partial charge in [0.05, 0.1) is 16.1 Å². The van der Waals surface area contributed by atoms with Crippen LogP contribution in [0.3, 0.4) is 0 Å². The SMILES string of the molecule is O=C(O)c1cc(N2C(=O)C(=Cc3ccnc4ccccc34)SC2=S)ccc1O. The lowest BCUT2D eigenvalue weighted by molar-refractivity contribution is -0.113. The zero-order chi connectivity index (χ0) is 19.8. The number of rotatable bonds is 3. The summed E-state index contributed by atoms with van der Waals surface area (Å²) >= 11 is 6.47. The molecule has 0 aliphatic carbocycles. The Bertz CT molecular complexity index is 1180. The normalized spacial score (nSPS) is 15.6. The molecule has 28 heavy (non-hydrogen) atoms. The number of aromatic nitrogens is 1. The fraction of sp³-hybridized carbons (Fsp3) is 0. The molecule has 0 radical (unpaired) electrons. The Morgan fingerprint density at radius 2 is 1.96 bits per heavy atom. The van der Waals surface area contributed by atoms with Gasteiger partial charge >= 0.3 is 5.97 Å². The lowest BCUT2D eigenvalue weighted by Crippen LogP contribution is -2.27. The number of thioether (sulfide) groups is 1. The first kappa shape index (κ1) is 18.1. The first-order valence-electron chi connectivity index (χ1n) is 8.14. The molecule has 8 heteroatoms. The molecule has 4 rings (SSSR count). The molecule has 2 N–H and O–H groups in total. The molecule has 1 aromatic heterocycles. The van der Waals surface area contributed by atoms with E-state index in [9.17, 15) is 19.8 Å². The van der Waals surface area contributed by atoms with Gasteiger partial charge in [0.25, 0.3) is 5.91 Å². The zero-order valence-corrected chi connectivity index (χ0v) is 15.8. The number of fused-ring (bicyclic) bond motifs is 1. The van der Waals surface area contributed by atoms with Crippen LogP contribution in [0.15, 0.2) is 59.6 Å². The molecule has 1 amide bonds. The van der Waals surface area contributed by atoms with Crippen molar-refractivity contribution in [3.8, 4) is 5.75 Å². The summed E-state index contributed by atoms with van der Waals surface area (Å²) in [5.74, 6) is -2.01. The van der Waals surface area contributed by atoms with E-state index in [0.29, 0.717) is 10.6 Å². The number of benzene rings is 2. The number of hydrogen-bond acceptors (Lipinski definition) is 6. The Balaban J connectivity index is 1.74. The molecule has 0 saturated carbocycles. The Labute approximate surface area is 169 Å². The molecule has 2 heterocycles. The molecule has 3 aromatic rings. The van der Waals surface area contributed by atoms with Gasteiger partial charge in [-0.25, -0.2) is 4.79 Å². The van der Waals surface area contributed by atoms with Gasteiger partial charge in [0.15, 0.2) is 4.32 Å². The number of nitrogens with zero attached hydrogens (tertiary/aromatic N) is 2. The van der Waals surface area contributed by atoms with E-state index in [2.05, 4.69) is 4.98 Å². The predicted molar refractivity (Wildman–Crippen MR) is 112 cm³/mol. The molecule has 1 aliphatic heterocycles. The van der Waals surface area contributed by atoms with Crippen molar-refractivity contribution in [2.45, 2.75) is 0 Å². The van der Waals surface area contributed by atoms with Crippen LogP contribution in [0, 0.1) is 0 Å². The number of aromatic carboxylic acids is 1. The smallest absolute Gasteiger partial charge is 0.339 e. The summed E-state index contributed by atoms with van der Waals surface area (Å²) in [7, 11) is 0. The molecule has 1 fully saturated rings. The standard InChI is InChI=1S/C20H12N2O4S2/c23-16-6-5-12(10-14(16)19(25)26)22-18(24)17(28-20(22)27)9-11-7-8-21-15-4-2-1-3-13(11)15/h1-10,23H,(H,25,26). The highest BCUT2D eigenvalue weighted by Gasteiger charge is 2.34. The van der Waals surface area contributed by atoms with E-state index in [1.165, 1.54) is 23.1 Å². The number of hydrogen-bond donors (Lipinski definition) is 2. The van der Waals surface area contributed by atoms with E-state index >= 15 is 0 Å². The van der Waals surface area contributed by atoms with Crippen LogP contribution in [0.4, 0.5) is 5.69 Å². The van der Waals surface area contributed by atoms with Crippen molar-refractivity contribution in [3.63, 3.8) is 0 Å². The van der Waals surface area contributed by atoms with E-state index in [-0.39, 0.29) is 21.5 Å². The molecule has 1 aliphatic rings. The molecular weight excluding hydrogens is 396 g/mol. The Kier molecular flexibility index (Phi) is 4.58. The number of carboxylic acids is 1. The van der Waals surface area contributed by atoms with Crippen molar-refractivity contribution in [2.24, 2.45) is 0 Å². The number of phenols is 1. The first-order valence-corrected chi connectivity index (χ1v) is 9.36. The maximum absolute atomic E-state index is 12.9. The fourth-order valence-electron chi connectivity index (χ4n) is 2.91. The van der Waals surface area contributed by atoms with E-state index in [1.807, 2.05) is 30.3 Å². The molecular formula is C20H12N2O4S2. The first-order chi connectivity index (χ1) is 13.5. The number of carboxylic acid groups (broad SMARTS) is 1. The molecule has 0 atom stereocenters. The third-order valence-corrected chi connectivity index (χ3v) is 5.53. The van der Waals surface area contributed by atoms with Gasteiger partial charge in [0.2, 0.25) is 0 Å². The molecule has 6 nitrogen and oxygen atoms in total. The van der Waals surface area contributed by atoms with Crippen LogP contribution < -0.4 is 4.90 Å². The van der Waals surface area contributed by atoms with Crippen LogP contribution in [0.2, 0.25) is 0 Å². The summed E-state index contributed by atoms with van der Waals surface area (Å²) in [6.07, 6.45) is 3.43. The van der Waals surface area contributed by atoms with Crippen molar-refractivity contribution < 1.29 is 19.8 Å². The molecule has 2 aromatic carbocycles. The van der Waals surface area contributed by atoms with Gasteiger partial charge in [-0.05, 0) is 42.0 Å². The number of aromatic hydroxyl groups is 1. The molecule has 0 bridgehead atoms. The Morgan fingerprint density at radius 1 is 1.18 bits per heavy atom. The van der Waals surface area contributed by atoms with Gasteiger partial charge in [-0.1, -0.05) is 42.2 Å². The van der Waals surface area contributed by atoms with Crippen molar-refractivity contribution in [3.05, 3.63) is 70.8 Å². The van der Waals surface area contributed by atoms with Gasteiger partial charge < -0.3 is 10.2 Å². The van der Waals surface area contributed by atoms with Gasteiger partial charge in [0, 0.05) is 11.6 Å². The van der Waals surface area contributed by atoms with Crippen molar-refractivity contribution in [2.75, 3.05) is 4.90 Å². The van der Waals surface area contributed by atoms with E-state index < -0.39 is 5.97 Å². The Hall–Kier alpha value is -3.23. The van der Waals surface area contributed by atoms with Gasteiger partial charge in [-0.3, -0.25) is 14.7 Å². The lowest BCUT2D eigenvalue weighted by atomic mass is 10.1. The quantitative estimate of drug-likeness (QED) is 0.499. The number of carbonyl (C=O) groups is 2. The van der Waals surface area contributed by atoms with Crippen LogP contribution in [0.1, 0.15) is 15.9 Å². The minimum absolute atomic E-state index is 0.289. The number of para-hydroxylation sites is 1. The van der Waals surface area contributed by atoms with Gasteiger partial charge in [-0.15, -0.1) is 0 Å². The van der Waals surface area contributed by atoms with E-state index in [1.54, 1.807) is 12.3 Å². The number of anilines is 1. The maximum atomic E-state index is 12.9. The average molecular weight is 408 g/mol. The van der Waals surface area contributed by atoms with Crippen molar-refractivity contribution >= 4 is 62.8 Å². The number of amides is 1.